The number of sulfone groups is 1. The number of benzene rings is 1. The van der Waals surface area contributed by atoms with E-state index in [9.17, 15) is 12.8 Å². The Hall–Kier alpha value is -1.27. The molecule has 0 aliphatic rings. The maximum Gasteiger partial charge on any atom is 0.186 e. The van der Waals surface area contributed by atoms with Crippen molar-refractivity contribution in [2.24, 2.45) is 0 Å². The van der Waals surface area contributed by atoms with Gasteiger partial charge in [0.1, 0.15) is 10.7 Å². The zero-order chi connectivity index (χ0) is 12.5. The fourth-order valence-electron chi connectivity index (χ4n) is 1.43. The van der Waals surface area contributed by atoms with Crippen molar-refractivity contribution in [1.29, 1.82) is 0 Å². The van der Waals surface area contributed by atoms with Crippen molar-refractivity contribution in [3.8, 4) is 0 Å². The van der Waals surface area contributed by atoms with E-state index < -0.39 is 15.7 Å². The van der Waals surface area contributed by atoms with Crippen LogP contribution in [0, 0.1) is 12.7 Å². The van der Waals surface area contributed by atoms with Gasteiger partial charge in [-0.25, -0.2) is 17.8 Å². The van der Waals surface area contributed by atoms with Crippen LogP contribution in [0.15, 0.2) is 35.4 Å². The molecule has 0 spiro atoms. The number of thiazole rings is 1. The molecule has 2 rings (SSSR count). The molecule has 0 saturated carbocycles. The average molecular weight is 271 g/mol. The second kappa shape index (κ2) is 4.54. The molecule has 17 heavy (non-hydrogen) atoms. The second-order valence-electron chi connectivity index (χ2n) is 3.54. The van der Waals surface area contributed by atoms with Crippen LogP contribution in [0.3, 0.4) is 0 Å². The lowest BCUT2D eigenvalue weighted by atomic mass is 10.3. The third-order valence-electron chi connectivity index (χ3n) is 2.17. The summed E-state index contributed by atoms with van der Waals surface area (Å²) >= 11 is 1.30. The molecular weight excluding hydrogens is 261 g/mol. The minimum absolute atomic E-state index is 0.209. The lowest BCUT2D eigenvalue weighted by Crippen LogP contribution is -2.06. The molecule has 0 aliphatic heterocycles. The van der Waals surface area contributed by atoms with Gasteiger partial charge in [-0.1, -0.05) is 12.1 Å². The van der Waals surface area contributed by atoms with Gasteiger partial charge in [-0.3, -0.25) is 0 Å². The van der Waals surface area contributed by atoms with Crippen LogP contribution >= 0.6 is 11.3 Å². The van der Waals surface area contributed by atoms with E-state index in [1.165, 1.54) is 35.7 Å². The number of nitrogens with zero attached hydrogens (tertiary/aromatic N) is 1. The van der Waals surface area contributed by atoms with Gasteiger partial charge in [0.05, 0.1) is 10.8 Å². The van der Waals surface area contributed by atoms with Crippen LogP contribution in [0.5, 0.6) is 0 Å². The molecule has 0 amide bonds. The number of halogens is 1. The Bertz CT molecular complexity index is 634. The average Bonchev–Trinajstić information content (AvgIpc) is 2.63. The molecule has 6 heteroatoms. The highest BCUT2D eigenvalue weighted by Crippen LogP contribution is 2.22. The first kappa shape index (κ1) is 12.2. The highest BCUT2D eigenvalue weighted by molar-refractivity contribution is 7.90. The third kappa shape index (κ3) is 2.70. The van der Waals surface area contributed by atoms with E-state index in [1.807, 2.05) is 0 Å². The van der Waals surface area contributed by atoms with E-state index in [1.54, 1.807) is 6.92 Å². The van der Waals surface area contributed by atoms with Crippen LogP contribution in [0.2, 0.25) is 0 Å². The van der Waals surface area contributed by atoms with Crippen molar-refractivity contribution in [2.45, 2.75) is 17.6 Å². The second-order valence-corrected chi connectivity index (χ2v) is 6.81. The summed E-state index contributed by atoms with van der Waals surface area (Å²) < 4.78 is 37.3. The van der Waals surface area contributed by atoms with Gasteiger partial charge in [0.25, 0.3) is 0 Å². The van der Waals surface area contributed by atoms with E-state index in [0.717, 1.165) is 11.1 Å². The number of hydrogen-bond donors (Lipinski definition) is 0. The van der Waals surface area contributed by atoms with Crippen LogP contribution in [-0.4, -0.2) is 13.4 Å². The smallest absolute Gasteiger partial charge is 0.186 e. The predicted molar refractivity (Wildman–Crippen MR) is 64.1 cm³/mol. The highest BCUT2D eigenvalue weighted by Gasteiger charge is 2.20. The quantitative estimate of drug-likeness (QED) is 0.862. The van der Waals surface area contributed by atoms with E-state index in [4.69, 9.17) is 0 Å². The van der Waals surface area contributed by atoms with Crippen LogP contribution < -0.4 is 0 Å². The summed E-state index contributed by atoms with van der Waals surface area (Å²) in [5.41, 5.74) is 0. The van der Waals surface area contributed by atoms with Crippen molar-refractivity contribution in [2.75, 3.05) is 0 Å². The summed E-state index contributed by atoms with van der Waals surface area (Å²) in [6.45, 7) is 1.80. The van der Waals surface area contributed by atoms with Gasteiger partial charge >= 0.3 is 0 Å². The first-order valence-corrected chi connectivity index (χ1v) is 7.34. The molecular formula is C11H10FNO2S2. The highest BCUT2D eigenvalue weighted by atomic mass is 32.2. The summed E-state index contributed by atoms with van der Waals surface area (Å²) in [5.74, 6) is -0.923. The number of aromatic nitrogens is 1. The molecule has 1 aromatic carbocycles. The molecule has 0 aliphatic carbocycles. The normalized spacial score (nSPS) is 11.6. The van der Waals surface area contributed by atoms with Crippen LogP contribution in [-0.2, 0) is 15.6 Å². The first-order chi connectivity index (χ1) is 7.99. The van der Waals surface area contributed by atoms with Crippen molar-refractivity contribution < 1.29 is 12.8 Å². The monoisotopic (exact) mass is 271 g/mol. The SMILES string of the molecule is Cc1ncc(CS(=O)(=O)c2ccccc2F)s1. The Balaban J connectivity index is 2.35. The summed E-state index contributed by atoms with van der Waals surface area (Å²) in [6, 6.07) is 5.39. The minimum atomic E-state index is -3.64. The zero-order valence-electron chi connectivity index (χ0n) is 9.05. The van der Waals surface area contributed by atoms with E-state index in [2.05, 4.69) is 4.98 Å². The van der Waals surface area contributed by atoms with Gasteiger partial charge in [0.15, 0.2) is 9.84 Å². The Morgan fingerprint density at radius 2 is 2.06 bits per heavy atom. The van der Waals surface area contributed by atoms with E-state index >= 15 is 0 Å². The molecule has 1 heterocycles. The molecule has 0 bridgehead atoms. The van der Waals surface area contributed by atoms with E-state index in [0.29, 0.717) is 4.88 Å². The van der Waals surface area contributed by atoms with Gasteiger partial charge < -0.3 is 0 Å². The molecule has 0 atom stereocenters. The summed E-state index contributed by atoms with van der Waals surface area (Å²) in [4.78, 5) is 4.34. The fourth-order valence-corrected chi connectivity index (χ4v) is 3.98. The Morgan fingerprint density at radius 3 is 2.65 bits per heavy atom. The third-order valence-corrected chi connectivity index (χ3v) is 4.96. The van der Waals surface area contributed by atoms with E-state index in [-0.39, 0.29) is 10.6 Å². The van der Waals surface area contributed by atoms with Crippen LogP contribution in [0.25, 0.3) is 0 Å². The molecule has 90 valence electrons. The maximum absolute atomic E-state index is 13.4. The summed E-state index contributed by atoms with van der Waals surface area (Å²) in [5, 5.41) is 0.795. The fraction of sp³-hybridized carbons (Fsp3) is 0.182. The van der Waals surface area contributed by atoms with Crippen molar-refractivity contribution in [1.82, 2.24) is 4.98 Å². The lowest BCUT2D eigenvalue weighted by molar-refractivity contribution is 0.566. The van der Waals surface area contributed by atoms with Crippen LogP contribution in [0.4, 0.5) is 4.39 Å². The Labute approximate surface area is 103 Å². The first-order valence-electron chi connectivity index (χ1n) is 4.87. The van der Waals surface area contributed by atoms with Crippen LogP contribution in [0.1, 0.15) is 9.88 Å². The standard InChI is InChI=1S/C11H10FNO2S2/c1-8-13-6-9(16-8)7-17(14,15)11-5-3-2-4-10(11)12/h2-6H,7H2,1H3. The van der Waals surface area contributed by atoms with Crippen molar-refractivity contribution >= 4 is 21.2 Å². The van der Waals surface area contributed by atoms with Gasteiger partial charge in [0, 0.05) is 11.1 Å². The molecule has 0 radical (unpaired) electrons. The predicted octanol–water partition coefficient (Wildman–Crippen LogP) is 2.56. The number of aryl methyl sites for hydroxylation is 1. The summed E-state index contributed by atoms with van der Waals surface area (Å²) in [6.07, 6.45) is 1.51. The zero-order valence-corrected chi connectivity index (χ0v) is 10.7. The molecule has 2 aromatic rings. The molecule has 0 unspecified atom stereocenters. The molecule has 0 fully saturated rings. The largest absolute Gasteiger partial charge is 0.250 e. The van der Waals surface area contributed by atoms with Crippen molar-refractivity contribution in [3.05, 3.63) is 46.2 Å². The van der Waals surface area contributed by atoms with Gasteiger partial charge in [-0.05, 0) is 19.1 Å². The lowest BCUT2D eigenvalue weighted by Gasteiger charge is -2.03. The number of rotatable bonds is 3. The minimum Gasteiger partial charge on any atom is -0.250 e. The molecule has 3 nitrogen and oxygen atoms in total. The Morgan fingerprint density at radius 1 is 1.35 bits per heavy atom. The molecule has 0 saturated heterocycles. The van der Waals surface area contributed by atoms with Gasteiger partial charge in [0.2, 0.25) is 0 Å². The maximum atomic E-state index is 13.4. The van der Waals surface area contributed by atoms with Gasteiger partial charge in [-0.2, -0.15) is 0 Å². The molecule has 0 N–H and O–H groups in total. The summed E-state index contributed by atoms with van der Waals surface area (Å²) in [7, 11) is -3.64. The Kier molecular flexibility index (Phi) is 3.26. The van der Waals surface area contributed by atoms with Gasteiger partial charge in [-0.15, -0.1) is 11.3 Å². The molecule has 1 aromatic heterocycles. The number of hydrogen-bond acceptors (Lipinski definition) is 4. The van der Waals surface area contributed by atoms with Crippen molar-refractivity contribution in [3.63, 3.8) is 0 Å². The topological polar surface area (TPSA) is 47.0 Å².